The van der Waals surface area contributed by atoms with Crippen LogP contribution in [0.15, 0.2) is 48.5 Å². The summed E-state index contributed by atoms with van der Waals surface area (Å²) in [7, 11) is 5.17. The van der Waals surface area contributed by atoms with E-state index < -0.39 is 5.97 Å². The van der Waals surface area contributed by atoms with E-state index >= 15 is 0 Å². The van der Waals surface area contributed by atoms with Crippen molar-refractivity contribution in [1.29, 1.82) is 0 Å². The zero-order valence-electron chi connectivity index (χ0n) is 24.6. The van der Waals surface area contributed by atoms with Gasteiger partial charge in [0.2, 0.25) is 11.8 Å². The summed E-state index contributed by atoms with van der Waals surface area (Å²) < 4.78 is 4.67. The summed E-state index contributed by atoms with van der Waals surface area (Å²) in [6, 6.07) is 13.8. The molecule has 15 heteroatoms. The first-order chi connectivity index (χ1) is 19.6. The lowest BCUT2D eigenvalue weighted by Gasteiger charge is -2.32. The zero-order chi connectivity index (χ0) is 30.9. The van der Waals surface area contributed by atoms with E-state index in [0.29, 0.717) is 37.3 Å². The number of esters is 1. The van der Waals surface area contributed by atoms with E-state index in [2.05, 4.69) is 21.8 Å². The van der Waals surface area contributed by atoms with Crippen molar-refractivity contribution >= 4 is 35.1 Å². The van der Waals surface area contributed by atoms with Crippen LogP contribution in [0.3, 0.4) is 0 Å². The zero-order valence-corrected chi connectivity index (χ0v) is 24.6. The van der Waals surface area contributed by atoms with E-state index in [1.54, 1.807) is 53.1 Å². The number of nitrogens with zero attached hydrogens (tertiary/aromatic N) is 4. The van der Waals surface area contributed by atoms with Crippen molar-refractivity contribution in [3.8, 4) is 0 Å². The number of anilines is 2. The number of methoxy groups -OCH3 is 1. The molecule has 4 rings (SSSR count). The van der Waals surface area contributed by atoms with Crippen LogP contribution in [0.25, 0.3) is 0 Å². The summed E-state index contributed by atoms with van der Waals surface area (Å²) in [5.74, 6) is 12.4. The van der Waals surface area contributed by atoms with Gasteiger partial charge in [0.05, 0.1) is 25.8 Å². The van der Waals surface area contributed by atoms with Crippen molar-refractivity contribution in [3.05, 3.63) is 59.7 Å². The lowest BCUT2D eigenvalue weighted by atomic mass is 10.1. The van der Waals surface area contributed by atoms with Crippen molar-refractivity contribution < 1.29 is 34.5 Å². The number of likely N-dealkylation sites (N-methyl/N-ethyl adjacent to an activating group) is 2. The van der Waals surface area contributed by atoms with Crippen LogP contribution in [0, 0.1) is 0 Å². The first kappa shape index (κ1) is 38.0. The molecular formula is C27H44N8O7. The van der Waals surface area contributed by atoms with E-state index in [-0.39, 0.29) is 29.8 Å². The average Bonchev–Trinajstić information content (AvgIpc) is 2.98. The van der Waals surface area contributed by atoms with Crippen molar-refractivity contribution in [2.24, 2.45) is 17.5 Å². The number of nitrogen functional groups attached to an aromatic ring is 1. The van der Waals surface area contributed by atoms with Gasteiger partial charge >= 0.3 is 5.97 Å². The van der Waals surface area contributed by atoms with Gasteiger partial charge in [0.1, 0.15) is 0 Å². The van der Waals surface area contributed by atoms with Crippen LogP contribution < -0.4 is 32.8 Å². The van der Waals surface area contributed by atoms with Crippen LogP contribution in [0.4, 0.5) is 11.4 Å². The number of carbonyl (C=O) groups excluding carboxylic acids is 4. The van der Waals surface area contributed by atoms with Gasteiger partial charge in [0, 0.05) is 49.7 Å². The Morgan fingerprint density at radius 1 is 0.857 bits per heavy atom. The molecule has 0 radical (unpaired) electrons. The molecule has 2 aromatic carbocycles. The number of nitrogens with two attached hydrogens (primary N) is 3. The number of carbonyl (C=O) groups is 4. The second kappa shape index (κ2) is 20.0. The number of amides is 3. The van der Waals surface area contributed by atoms with Crippen LogP contribution in [-0.2, 0) is 14.3 Å². The normalized spacial score (nSPS) is 15.0. The van der Waals surface area contributed by atoms with Crippen molar-refractivity contribution in [2.45, 2.75) is 6.92 Å². The summed E-state index contributed by atoms with van der Waals surface area (Å²) >= 11 is 0. The maximum atomic E-state index is 11.9. The first-order valence-corrected chi connectivity index (χ1v) is 12.9. The fourth-order valence-corrected chi connectivity index (χ4v) is 3.94. The minimum Gasteiger partial charge on any atom is -0.465 e. The van der Waals surface area contributed by atoms with Gasteiger partial charge in [-0.05, 0) is 57.4 Å². The van der Waals surface area contributed by atoms with Gasteiger partial charge in [0.25, 0.3) is 5.91 Å². The van der Waals surface area contributed by atoms with Crippen LogP contribution in [0.1, 0.15) is 27.6 Å². The molecule has 0 aromatic heterocycles. The Morgan fingerprint density at radius 3 is 1.64 bits per heavy atom. The van der Waals surface area contributed by atoms with Gasteiger partial charge in [-0.15, -0.1) is 0 Å². The van der Waals surface area contributed by atoms with Gasteiger partial charge in [-0.2, -0.15) is 0 Å². The third-order valence-electron chi connectivity index (χ3n) is 5.95. The molecule has 0 atom stereocenters. The van der Waals surface area contributed by atoms with E-state index in [4.69, 9.17) is 10.9 Å². The van der Waals surface area contributed by atoms with Gasteiger partial charge < -0.3 is 25.1 Å². The highest BCUT2D eigenvalue weighted by molar-refractivity contribution is 5.99. The Balaban J connectivity index is 0.000000680. The number of hydrogen-bond donors (Lipinski definition) is 5. The second-order valence-corrected chi connectivity index (χ2v) is 8.95. The van der Waals surface area contributed by atoms with Gasteiger partial charge in [0.15, 0.2) is 0 Å². The minimum absolute atomic E-state index is 0. The SMILES string of the molecule is CCO.CN1CCN(c2cccc(C(=O)NN)c2)C(=O)C1.COC(=O)c1cccc(N2CCN(C)CC2=O)c1.NN.O. The number of aliphatic hydroxyl groups excluding tert-OH is 1. The van der Waals surface area contributed by atoms with E-state index in [0.717, 1.165) is 24.5 Å². The van der Waals surface area contributed by atoms with Crippen molar-refractivity contribution in [1.82, 2.24) is 15.2 Å². The number of benzene rings is 2. The predicted octanol–water partition coefficient (Wildman–Crippen LogP) is -1.69. The molecule has 2 aliphatic heterocycles. The molecule has 2 aliphatic rings. The standard InChI is InChI=1S/C13H16N2O3.C12H16N4O2.C2H6O.H4N2.H2O/c1-14-6-7-15(12(16)9-14)11-5-3-4-10(8-11)13(17)18-2;1-15-5-6-16(11(17)8-15)10-4-2-3-9(7-10)12(18)14-13;1-2-3;1-2;/h3-5,8H,6-7,9H2,1-2H3;2-4,7H,5-6,8,13H2,1H3,(H,14,18);3H,2H2,1H3;1-2H2;1H2. The van der Waals surface area contributed by atoms with Gasteiger partial charge in [-0.25, -0.2) is 10.6 Å². The first-order valence-electron chi connectivity index (χ1n) is 12.9. The Labute approximate surface area is 246 Å². The van der Waals surface area contributed by atoms with Crippen LogP contribution >= 0.6 is 0 Å². The average molecular weight is 593 g/mol. The smallest absolute Gasteiger partial charge is 0.337 e. The fourth-order valence-electron chi connectivity index (χ4n) is 3.94. The maximum absolute atomic E-state index is 11.9. The van der Waals surface area contributed by atoms with Crippen LogP contribution in [-0.4, -0.2) is 111 Å². The number of rotatable bonds is 4. The van der Waals surface area contributed by atoms with Crippen LogP contribution in [0.5, 0.6) is 0 Å². The molecule has 0 spiro atoms. The topological polar surface area (TPSA) is 232 Å². The Morgan fingerprint density at radius 2 is 1.26 bits per heavy atom. The Bertz CT molecular complexity index is 1060. The summed E-state index contributed by atoms with van der Waals surface area (Å²) in [5.41, 5.74) is 4.46. The third-order valence-corrected chi connectivity index (χ3v) is 5.95. The highest BCUT2D eigenvalue weighted by Crippen LogP contribution is 2.20. The fraction of sp³-hybridized carbons (Fsp3) is 0.407. The number of nitrogens with one attached hydrogen (secondary N) is 1. The molecule has 2 aromatic rings. The van der Waals surface area contributed by atoms with Crippen molar-refractivity contribution in [2.75, 3.05) is 76.9 Å². The second-order valence-electron chi connectivity index (χ2n) is 8.95. The van der Waals surface area contributed by atoms with E-state index in [1.807, 2.05) is 36.0 Å². The summed E-state index contributed by atoms with van der Waals surface area (Å²) in [6.45, 7) is 5.64. The molecule has 2 fully saturated rings. The molecule has 234 valence electrons. The molecule has 10 N–H and O–H groups in total. The molecule has 3 amide bonds. The van der Waals surface area contributed by atoms with E-state index in [1.165, 1.54) is 7.11 Å². The molecule has 2 saturated heterocycles. The van der Waals surface area contributed by atoms with Crippen molar-refractivity contribution in [3.63, 3.8) is 0 Å². The number of aliphatic hydroxyl groups is 1. The third kappa shape index (κ3) is 11.5. The summed E-state index contributed by atoms with van der Waals surface area (Å²) in [5, 5.41) is 7.57. The van der Waals surface area contributed by atoms with E-state index in [9.17, 15) is 19.2 Å². The molecule has 15 nitrogen and oxygen atoms in total. The molecule has 42 heavy (non-hydrogen) atoms. The van der Waals surface area contributed by atoms with Crippen LogP contribution in [0.2, 0.25) is 0 Å². The summed E-state index contributed by atoms with van der Waals surface area (Å²) in [6.07, 6.45) is 0. The quantitative estimate of drug-likeness (QED) is 0.116. The molecule has 0 saturated carbocycles. The minimum atomic E-state index is -0.390. The monoisotopic (exact) mass is 592 g/mol. The molecule has 2 heterocycles. The van der Waals surface area contributed by atoms with Gasteiger partial charge in [-0.3, -0.25) is 41.3 Å². The number of piperazine rings is 2. The Hall–Kier alpha value is -3.96. The molecular weight excluding hydrogens is 548 g/mol. The summed E-state index contributed by atoms with van der Waals surface area (Å²) in [4.78, 5) is 54.1. The highest BCUT2D eigenvalue weighted by atomic mass is 16.5. The maximum Gasteiger partial charge on any atom is 0.337 e. The molecule has 0 bridgehead atoms. The van der Waals surface area contributed by atoms with Gasteiger partial charge in [-0.1, -0.05) is 12.1 Å². The molecule has 0 unspecified atom stereocenters. The lowest BCUT2D eigenvalue weighted by Crippen LogP contribution is -2.49. The Kier molecular flexibility index (Phi) is 18.1. The largest absolute Gasteiger partial charge is 0.465 e. The highest BCUT2D eigenvalue weighted by Gasteiger charge is 2.24. The number of hydrogen-bond acceptors (Lipinski definition) is 11. The predicted molar refractivity (Wildman–Crippen MR) is 160 cm³/mol. The number of ether oxygens (including phenoxy) is 1. The molecule has 0 aliphatic carbocycles. The number of hydrazine groups is 2. The lowest BCUT2D eigenvalue weighted by molar-refractivity contribution is -0.121.